The predicted octanol–water partition coefficient (Wildman–Crippen LogP) is 2.42. The Bertz CT molecular complexity index is 352. The number of thiophene rings is 1. The van der Waals surface area contributed by atoms with Crippen molar-refractivity contribution in [1.82, 2.24) is 15.1 Å². The van der Waals surface area contributed by atoms with Gasteiger partial charge in [-0.3, -0.25) is 0 Å². The molecule has 2 rings (SSSR count). The van der Waals surface area contributed by atoms with Crippen LogP contribution in [0.5, 0.6) is 0 Å². The van der Waals surface area contributed by atoms with Crippen molar-refractivity contribution in [1.29, 1.82) is 0 Å². The van der Waals surface area contributed by atoms with Gasteiger partial charge >= 0.3 is 0 Å². The minimum atomic E-state index is 0.505. The molecule has 0 saturated carbocycles. The molecule has 2 atom stereocenters. The van der Waals surface area contributed by atoms with Crippen LogP contribution >= 0.6 is 11.3 Å². The zero-order valence-corrected chi connectivity index (χ0v) is 13.2. The first kappa shape index (κ1) is 15.0. The summed E-state index contributed by atoms with van der Waals surface area (Å²) in [6.45, 7) is 6.90. The van der Waals surface area contributed by atoms with Gasteiger partial charge in [-0.2, -0.15) is 11.3 Å². The average Bonchev–Trinajstić information content (AvgIpc) is 2.92. The van der Waals surface area contributed by atoms with Crippen molar-refractivity contribution in [3.63, 3.8) is 0 Å². The van der Waals surface area contributed by atoms with E-state index >= 15 is 0 Å². The Kier molecular flexibility index (Phi) is 5.82. The molecule has 3 nitrogen and oxygen atoms in total. The summed E-state index contributed by atoms with van der Waals surface area (Å²) >= 11 is 1.80. The minimum Gasteiger partial charge on any atom is -0.310 e. The highest BCUT2D eigenvalue weighted by Crippen LogP contribution is 2.24. The number of hydrogen-bond acceptors (Lipinski definition) is 4. The summed E-state index contributed by atoms with van der Waals surface area (Å²) in [6.07, 6.45) is 2.40. The number of nitrogens with one attached hydrogen (secondary N) is 1. The molecule has 0 spiro atoms. The number of rotatable bonds is 6. The number of likely N-dealkylation sites (N-methyl/N-ethyl adjacent to an activating group) is 2. The predicted molar refractivity (Wildman–Crippen MR) is 83.9 cm³/mol. The highest BCUT2D eigenvalue weighted by Gasteiger charge is 2.25. The summed E-state index contributed by atoms with van der Waals surface area (Å²) in [4.78, 5) is 4.97. The summed E-state index contributed by atoms with van der Waals surface area (Å²) in [6, 6.07) is 3.43. The van der Waals surface area contributed by atoms with Crippen molar-refractivity contribution >= 4 is 11.3 Å². The Labute approximate surface area is 121 Å². The van der Waals surface area contributed by atoms with Gasteiger partial charge in [0.1, 0.15) is 0 Å². The van der Waals surface area contributed by atoms with Crippen LogP contribution in [0.25, 0.3) is 0 Å². The Morgan fingerprint density at radius 3 is 2.95 bits per heavy atom. The lowest BCUT2D eigenvalue weighted by atomic mass is 9.99. The quantitative estimate of drug-likeness (QED) is 0.864. The minimum absolute atomic E-state index is 0.505. The van der Waals surface area contributed by atoms with E-state index in [4.69, 9.17) is 0 Å². The number of nitrogens with zero attached hydrogens (tertiary/aromatic N) is 2. The molecule has 1 aliphatic rings. The fraction of sp³-hybridized carbons (Fsp3) is 0.733. The van der Waals surface area contributed by atoms with Gasteiger partial charge in [0.05, 0.1) is 0 Å². The van der Waals surface area contributed by atoms with E-state index in [0.29, 0.717) is 12.1 Å². The van der Waals surface area contributed by atoms with Crippen LogP contribution in [0.3, 0.4) is 0 Å². The fourth-order valence-electron chi connectivity index (χ4n) is 2.76. The molecule has 4 heteroatoms. The molecule has 1 aromatic heterocycles. The third kappa shape index (κ3) is 4.28. The van der Waals surface area contributed by atoms with Gasteiger partial charge in [0, 0.05) is 31.7 Å². The first-order chi connectivity index (χ1) is 9.20. The molecule has 0 bridgehead atoms. The van der Waals surface area contributed by atoms with Gasteiger partial charge in [-0.05, 0) is 55.9 Å². The maximum absolute atomic E-state index is 3.72. The van der Waals surface area contributed by atoms with Gasteiger partial charge in [0.25, 0.3) is 0 Å². The van der Waals surface area contributed by atoms with Crippen molar-refractivity contribution in [2.75, 3.05) is 40.3 Å². The van der Waals surface area contributed by atoms with Crippen molar-refractivity contribution in [2.45, 2.75) is 31.8 Å². The monoisotopic (exact) mass is 281 g/mol. The van der Waals surface area contributed by atoms with Crippen LogP contribution in [-0.2, 0) is 0 Å². The van der Waals surface area contributed by atoms with Crippen molar-refractivity contribution in [2.24, 2.45) is 0 Å². The number of piperazine rings is 1. The molecule has 19 heavy (non-hydrogen) atoms. The van der Waals surface area contributed by atoms with E-state index in [2.05, 4.69) is 53.0 Å². The Hall–Kier alpha value is -0.420. The molecule has 1 fully saturated rings. The van der Waals surface area contributed by atoms with Gasteiger partial charge in [-0.1, -0.05) is 6.92 Å². The molecular weight excluding hydrogens is 254 g/mol. The maximum atomic E-state index is 3.72. The molecule has 1 saturated heterocycles. The third-order valence-electron chi connectivity index (χ3n) is 4.07. The van der Waals surface area contributed by atoms with E-state index in [-0.39, 0.29) is 0 Å². The maximum Gasteiger partial charge on any atom is 0.0343 e. The van der Waals surface area contributed by atoms with E-state index in [1.807, 2.05) is 0 Å². The molecule has 108 valence electrons. The Balaban J connectivity index is 1.98. The summed E-state index contributed by atoms with van der Waals surface area (Å²) in [7, 11) is 4.50. The second-order valence-electron chi connectivity index (χ2n) is 5.70. The summed E-state index contributed by atoms with van der Waals surface area (Å²) in [5.74, 6) is 0. The molecule has 1 aromatic rings. The summed E-state index contributed by atoms with van der Waals surface area (Å²) in [5.41, 5.74) is 1.46. The standard InChI is InChI=1S/C15H27N3S/c1-4-6-16-15(13-5-9-19-12-13)10-14-11-17(2)7-8-18(14)3/h5,9,12,14-16H,4,6-8,10-11H2,1-3H3. The molecule has 0 aromatic carbocycles. The van der Waals surface area contributed by atoms with Gasteiger partial charge in [-0.25, -0.2) is 0 Å². The molecular formula is C15H27N3S. The SMILES string of the molecule is CCCNC(CC1CN(C)CCN1C)c1ccsc1. The van der Waals surface area contributed by atoms with Crippen LogP contribution in [0.1, 0.15) is 31.4 Å². The molecule has 2 heterocycles. The third-order valence-corrected chi connectivity index (χ3v) is 4.78. The van der Waals surface area contributed by atoms with E-state index in [0.717, 1.165) is 6.54 Å². The van der Waals surface area contributed by atoms with Crippen LogP contribution in [-0.4, -0.2) is 56.1 Å². The smallest absolute Gasteiger partial charge is 0.0343 e. The highest BCUT2D eigenvalue weighted by molar-refractivity contribution is 7.07. The second kappa shape index (κ2) is 7.39. The second-order valence-corrected chi connectivity index (χ2v) is 6.48. The van der Waals surface area contributed by atoms with Gasteiger partial charge in [-0.15, -0.1) is 0 Å². The van der Waals surface area contributed by atoms with E-state index in [1.165, 1.54) is 38.0 Å². The van der Waals surface area contributed by atoms with E-state index in [1.54, 1.807) is 11.3 Å². The Morgan fingerprint density at radius 1 is 1.42 bits per heavy atom. The molecule has 2 unspecified atom stereocenters. The van der Waals surface area contributed by atoms with Crippen molar-refractivity contribution in [3.05, 3.63) is 22.4 Å². The van der Waals surface area contributed by atoms with Crippen LogP contribution in [0.15, 0.2) is 16.8 Å². The summed E-state index contributed by atoms with van der Waals surface area (Å²) in [5, 5.41) is 8.19. The number of hydrogen-bond donors (Lipinski definition) is 1. The van der Waals surface area contributed by atoms with Crippen LogP contribution in [0.2, 0.25) is 0 Å². The topological polar surface area (TPSA) is 18.5 Å². The highest BCUT2D eigenvalue weighted by atomic mass is 32.1. The Morgan fingerprint density at radius 2 is 2.26 bits per heavy atom. The van der Waals surface area contributed by atoms with Crippen LogP contribution in [0.4, 0.5) is 0 Å². The first-order valence-electron chi connectivity index (χ1n) is 7.35. The first-order valence-corrected chi connectivity index (χ1v) is 8.29. The van der Waals surface area contributed by atoms with E-state index < -0.39 is 0 Å². The van der Waals surface area contributed by atoms with Crippen molar-refractivity contribution in [3.8, 4) is 0 Å². The van der Waals surface area contributed by atoms with Crippen molar-refractivity contribution < 1.29 is 0 Å². The zero-order valence-electron chi connectivity index (χ0n) is 12.4. The molecule has 0 radical (unpaired) electrons. The lowest BCUT2D eigenvalue weighted by Gasteiger charge is -2.39. The molecule has 1 N–H and O–H groups in total. The molecule has 1 aliphatic heterocycles. The van der Waals surface area contributed by atoms with Gasteiger partial charge in [0.15, 0.2) is 0 Å². The van der Waals surface area contributed by atoms with Gasteiger partial charge in [0.2, 0.25) is 0 Å². The molecule has 0 aliphatic carbocycles. The summed E-state index contributed by atoms with van der Waals surface area (Å²) < 4.78 is 0. The lowest BCUT2D eigenvalue weighted by Crippen LogP contribution is -2.51. The largest absolute Gasteiger partial charge is 0.310 e. The average molecular weight is 281 g/mol. The van der Waals surface area contributed by atoms with Crippen LogP contribution in [0, 0.1) is 0 Å². The van der Waals surface area contributed by atoms with Crippen LogP contribution < -0.4 is 5.32 Å². The van der Waals surface area contributed by atoms with Gasteiger partial charge < -0.3 is 15.1 Å². The normalized spacial score (nSPS) is 23.6. The lowest BCUT2D eigenvalue weighted by molar-refractivity contribution is 0.101. The van der Waals surface area contributed by atoms with E-state index in [9.17, 15) is 0 Å². The zero-order chi connectivity index (χ0) is 13.7. The fourth-order valence-corrected chi connectivity index (χ4v) is 3.47. The molecule has 0 amide bonds.